The first-order chi connectivity index (χ1) is 6.11. The van der Waals surface area contributed by atoms with Crippen molar-refractivity contribution in [2.24, 2.45) is 0 Å². The van der Waals surface area contributed by atoms with Gasteiger partial charge in [-0.1, -0.05) is 12.1 Å². The third kappa shape index (κ3) is 1.19. The molecule has 1 unspecified atom stereocenters. The van der Waals surface area contributed by atoms with E-state index in [9.17, 15) is 9.90 Å². The van der Waals surface area contributed by atoms with Gasteiger partial charge in [-0.2, -0.15) is 0 Å². The molecule has 1 aliphatic heterocycles. The second kappa shape index (κ2) is 2.86. The maximum atomic E-state index is 11.2. The van der Waals surface area contributed by atoms with E-state index >= 15 is 0 Å². The molecule has 1 N–H and O–H groups in total. The van der Waals surface area contributed by atoms with E-state index < -0.39 is 6.10 Å². The van der Waals surface area contributed by atoms with Crippen molar-refractivity contribution in [3.05, 3.63) is 28.8 Å². The highest BCUT2D eigenvalue weighted by molar-refractivity contribution is 8.14. The summed E-state index contributed by atoms with van der Waals surface area (Å²) >= 11 is 1.15. The molecule has 1 aliphatic rings. The molecule has 68 valence electrons. The molecule has 0 radical (unpaired) electrons. The summed E-state index contributed by atoms with van der Waals surface area (Å²) in [6.07, 6.45) is -0.917. The highest BCUT2D eigenvalue weighted by atomic mass is 32.2. The van der Waals surface area contributed by atoms with E-state index in [-0.39, 0.29) is 5.12 Å². The van der Waals surface area contributed by atoms with Gasteiger partial charge in [-0.25, -0.2) is 0 Å². The standard InChI is InChI=1S/C10H10O2S/c1-5-3-4-7-8(11)10(12)13-9(7)6(5)2/h3-4,8,11H,1-2H3. The number of fused-ring (bicyclic) bond motifs is 1. The molecule has 0 aromatic heterocycles. The molecule has 1 aromatic carbocycles. The number of carbonyl (C=O) groups excluding carboxylic acids is 1. The summed E-state index contributed by atoms with van der Waals surface area (Å²) in [4.78, 5) is 12.1. The number of rotatable bonds is 0. The number of carbonyl (C=O) groups is 1. The zero-order valence-electron chi connectivity index (χ0n) is 7.50. The van der Waals surface area contributed by atoms with Crippen molar-refractivity contribution in [3.63, 3.8) is 0 Å². The van der Waals surface area contributed by atoms with Gasteiger partial charge in [0.15, 0.2) is 0 Å². The molecule has 1 aromatic rings. The van der Waals surface area contributed by atoms with Crippen molar-refractivity contribution in [2.45, 2.75) is 24.8 Å². The smallest absolute Gasteiger partial charge is 0.226 e. The lowest BCUT2D eigenvalue weighted by atomic mass is 10.0. The fraction of sp³-hybridized carbons (Fsp3) is 0.300. The van der Waals surface area contributed by atoms with Crippen LogP contribution in [-0.4, -0.2) is 10.2 Å². The van der Waals surface area contributed by atoms with Crippen molar-refractivity contribution in [2.75, 3.05) is 0 Å². The predicted molar refractivity (Wildman–Crippen MR) is 51.7 cm³/mol. The lowest BCUT2D eigenvalue weighted by Gasteiger charge is -2.05. The van der Waals surface area contributed by atoms with Crippen LogP contribution in [0, 0.1) is 13.8 Å². The van der Waals surface area contributed by atoms with Gasteiger partial charge in [0.1, 0.15) is 6.10 Å². The van der Waals surface area contributed by atoms with Gasteiger partial charge in [0.25, 0.3) is 0 Å². The zero-order chi connectivity index (χ0) is 9.59. The SMILES string of the molecule is Cc1ccc2c(c1C)SC(=O)C2O. The monoisotopic (exact) mass is 194 g/mol. The number of aryl methyl sites for hydroxylation is 1. The van der Waals surface area contributed by atoms with Gasteiger partial charge >= 0.3 is 0 Å². The average Bonchev–Trinajstić information content (AvgIpc) is 2.38. The largest absolute Gasteiger partial charge is 0.380 e. The van der Waals surface area contributed by atoms with Crippen LogP contribution in [-0.2, 0) is 4.79 Å². The Morgan fingerprint density at radius 2 is 2.08 bits per heavy atom. The normalized spacial score (nSPS) is 20.5. The summed E-state index contributed by atoms with van der Waals surface area (Å²) < 4.78 is 0. The predicted octanol–water partition coefficient (Wildman–Crippen LogP) is 1.97. The van der Waals surface area contributed by atoms with Gasteiger partial charge in [-0.05, 0) is 36.7 Å². The van der Waals surface area contributed by atoms with E-state index in [0.29, 0.717) is 0 Å². The molecule has 0 saturated carbocycles. The average molecular weight is 194 g/mol. The molecule has 2 nitrogen and oxygen atoms in total. The van der Waals surface area contributed by atoms with E-state index in [1.165, 1.54) is 0 Å². The Morgan fingerprint density at radius 3 is 2.77 bits per heavy atom. The molecule has 0 saturated heterocycles. The lowest BCUT2D eigenvalue weighted by molar-refractivity contribution is -0.118. The number of thioether (sulfide) groups is 1. The molecule has 0 aliphatic carbocycles. The Hall–Kier alpha value is -0.800. The van der Waals surface area contributed by atoms with E-state index in [1.807, 2.05) is 26.0 Å². The van der Waals surface area contributed by atoms with E-state index in [4.69, 9.17) is 0 Å². The van der Waals surface area contributed by atoms with Gasteiger partial charge < -0.3 is 5.11 Å². The summed E-state index contributed by atoms with van der Waals surface area (Å²) in [6, 6.07) is 3.77. The molecule has 2 rings (SSSR count). The number of hydrogen-bond donors (Lipinski definition) is 1. The maximum absolute atomic E-state index is 11.2. The molecule has 3 heteroatoms. The van der Waals surface area contributed by atoms with Gasteiger partial charge in [-0.15, -0.1) is 0 Å². The topological polar surface area (TPSA) is 37.3 Å². The number of benzene rings is 1. The fourth-order valence-electron chi connectivity index (χ4n) is 1.45. The summed E-state index contributed by atoms with van der Waals surface area (Å²) in [5.74, 6) is 0. The highest BCUT2D eigenvalue weighted by Crippen LogP contribution is 2.42. The summed E-state index contributed by atoms with van der Waals surface area (Å²) in [6.45, 7) is 3.98. The molecule has 13 heavy (non-hydrogen) atoms. The molecule has 0 fully saturated rings. The number of hydrogen-bond acceptors (Lipinski definition) is 3. The van der Waals surface area contributed by atoms with Gasteiger partial charge in [0.2, 0.25) is 5.12 Å². The van der Waals surface area contributed by atoms with Crippen LogP contribution in [0.25, 0.3) is 0 Å². The minimum atomic E-state index is -0.917. The number of aliphatic hydroxyl groups is 1. The Kier molecular flexibility index (Phi) is 1.93. The molecular weight excluding hydrogens is 184 g/mol. The quantitative estimate of drug-likeness (QED) is 0.686. The Balaban J connectivity index is 2.64. The van der Waals surface area contributed by atoms with Crippen LogP contribution in [0.5, 0.6) is 0 Å². The molecule has 0 amide bonds. The third-order valence-electron chi connectivity index (χ3n) is 2.43. The van der Waals surface area contributed by atoms with Gasteiger partial charge in [0.05, 0.1) is 0 Å². The van der Waals surface area contributed by atoms with E-state index in [1.54, 1.807) is 0 Å². The van der Waals surface area contributed by atoms with E-state index in [0.717, 1.165) is 33.3 Å². The second-order valence-electron chi connectivity index (χ2n) is 3.25. The van der Waals surface area contributed by atoms with Crippen molar-refractivity contribution in [1.29, 1.82) is 0 Å². The van der Waals surface area contributed by atoms with Crippen LogP contribution in [0.2, 0.25) is 0 Å². The lowest BCUT2D eigenvalue weighted by Crippen LogP contribution is -2.00. The first kappa shape index (κ1) is 8.78. The van der Waals surface area contributed by atoms with Crippen molar-refractivity contribution >= 4 is 16.9 Å². The van der Waals surface area contributed by atoms with Crippen LogP contribution < -0.4 is 0 Å². The maximum Gasteiger partial charge on any atom is 0.226 e. The molecule has 0 spiro atoms. The van der Waals surface area contributed by atoms with Gasteiger partial charge in [-0.3, -0.25) is 4.79 Å². The zero-order valence-corrected chi connectivity index (χ0v) is 8.31. The van der Waals surface area contributed by atoms with Crippen LogP contribution in [0.15, 0.2) is 17.0 Å². The number of aliphatic hydroxyl groups excluding tert-OH is 1. The summed E-state index contributed by atoms with van der Waals surface area (Å²) in [7, 11) is 0. The Morgan fingerprint density at radius 1 is 1.38 bits per heavy atom. The van der Waals surface area contributed by atoms with Crippen molar-refractivity contribution in [1.82, 2.24) is 0 Å². The first-order valence-electron chi connectivity index (χ1n) is 4.11. The molecule has 1 atom stereocenters. The Labute approximate surface area is 81.0 Å². The Bertz CT molecular complexity index is 385. The minimum Gasteiger partial charge on any atom is -0.380 e. The van der Waals surface area contributed by atoms with Crippen molar-refractivity contribution < 1.29 is 9.90 Å². The third-order valence-corrected chi connectivity index (χ3v) is 3.60. The van der Waals surface area contributed by atoms with E-state index in [2.05, 4.69) is 0 Å². The van der Waals surface area contributed by atoms with Crippen molar-refractivity contribution in [3.8, 4) is 0 Å². The molecular formula is C10H10O2S. The molecule has 0 bridgehead atoms. The first-order valence-corrected chi connectivity index (χ1v) is 4.93. The van der Waals surface area contributed by atoms with Crippen LogP contribution in [0.4, 0.5) is 0 Å². The second-order valence-corrected chi connectivity index (χ2v) is 4.26. The van der Waals surface area contributed by atoms with Crippen LogP contribution in [0.3, 0.4) is 0 Å². The summed E-state index contributed by atoms with van der Waals surface area (Å²) in [5.41, 5.74) is 3.03. The van der Waals surface area contributed by atoms with Crippen LogP contribution in [0.1, 0.15) is 22.8 Å². The van der Waals surface area contributed by atoms with Gasteiger partial charge in [0, 0.05) is 10.5 Å². The minimum absolute atomic E-state index is 0.163. The highest BCUT2D eigenvalue weighted by Gasteiger charge is 2.31. The summed E-state index contributed by atoms with van der Waals surface area (Å²) in [5, 5.41) is 9.33. The van der Waals surface area contributed by atoms with Crippen LogP contribution >= 0.6 is 11.8 Å². The fourth-order valence-corrected chi connectivity index (χ4v) is 2.50. The molecule has 1 heterocycles.